The van der Waals surface area contributed by atoms with Gasteiger partial charge in [-0.2, -0.15) is 0 Å². The minimum atomic E-state index is 0.780. The summed E-state index contributed by atoms with van der Waals surface area (Å²) in [5.41, 5.74) is 3.72. The predicted molar refractivity (Wildman–Crippen MR) is 84.1 cm³/mol. The van der Waals surface area contributed by atoms with Gasteiger partial charge in [-0.15, -0.1) is 0 Å². The number of nitrogens with one attached hydrogen (secondary N) is 2. The Labute approximate surface area is 120 Å². The third-order valence-corrected chi connectivity index (χ3v) is 3.35. The molecule has 2 rings (SSSR count). The van der Waals surface area contributed by atoms with Crippen molar-refractivity contribution in [2.75, 3.05) is 17.2 Å². The van der Waals surface area contributed by atoms with Gasteiger partial charge in [-0.1, -0.05) is 31.2 Å². The number of rotatable bonds is 6. The molecule has 0 atom stereocenters. The average Bonchev–Trinajstić information content (AvgIpc) is 2.47. The van der Waals surface area contributed by atoms with Crippen LogP contribution in [0, 0.1) is 6.92 Å². The Morgan fingerprint density at radius 1 is 1.00 bits per heavy atom. The van der Waals surface area contributed by atoms with Gasteiger partial charge in [0.05, 0.1) is 0 Å². The van der Waals surface area contributed by atoms with Crippen molar-refractivity contribution < 1.29 is 0 Å². The van der Waals surface area contributed by atoms with Gasteiger partial charge in [0, 0.05) is 18.7 Å². The second-order valence-corrected chi connectivity index (χ2v) is 4.71. The molecule has 0 spiro atoms. The van der Waals surface area contributed by atoms with Crippen molar-refractivity contribution in [1.82, 2.24) is 9.97 Å². The topological polar surface area (TPSA) is 49.8 Å². The van der Waals surface area contributed by atoms with E-state index in [0.717, 1.165) is 36.7 Å². The molecule has 0 aliphatic rings. The third-order valence-electron chi connectivity index (χ3n) is 3.35. The lowest BCUT2D eigenvalue weighted by atomic mass is 10.1. The molecule has 1 aromatic carbocycles. The van der Waals surface area contributed by atoms with Crippen molar-refractivity contribution in [3.05, 3.63) is 47.3 Å². The Bertz CT molecular complexity index is 566. The Balaban J connectivity index is 2.17. The fraction of sp³-hybridized carbons (Fsp3) is 0.375. The van der Waals surface area contributed by atoms with Crippen LogP contribution in [0.25, 0.3) is 0 Å². The van der Waals surface area contributed by atoms with E-state index in [9.17, 15) is 0 Å². The molecule has 0 bridgehead atoms. The smallest absolute Gasteiger partial charge is 0.134 e. The summed E-state index contributed by atoms with van der Waals surface area (Å²) in [6.45, 7) is 7.96. The van der Waals surface area contributed by atoms with Crippen LogP contribution in [0.4, 0.5) is 11.6 Å². The number of aryl methyl sites for hydroxylation is 1. The van der Waals surface area contributed by atoms with Gasteiger partial charge in [0.25, 0.3) is 0 Å². The Morgan fingerprint density at radius 2 is 1.70 bits per heavy atom. The second-order valence-electron chi connectivity index (χ2n) is 4.71. The maximum atomic E-state index is 4.37. The van der Waals surface area contributed by atoms with Crippen LogP contribution >= 0.6 is 0 Å². The monoisotopic (exact) mass is 270 g/mol. The van der Waals surface area contributed by atoms with Crippen molar-refractivity contribution in [3.8, 4) is 0 Å². The van der Waals surface area contributed by atoms with Crippen LogP contribution in [0.5, 0.6) is 0 Å². The lowest BCUT2D eigenvalue weighted by Gasteiger charge is -2.14. The number of anilines is 2. The van der Waals surface area contributed by atoms with Crippen LogP contribution in [0.1, 0.15) is 30.5 Å². The van der Waals surface area contributed by atoms with Gasteiger partial charge in [0.2, 0.25) is 0 Å². The van der Waals surface area contributed by atoms with Crippen LogP contribution in [0.2, 0.25) is 0 Å². The van der Waals surface area contributed by atoms with Crippen LogP contribution in [0.3, 0.4) is 0 Å². The number of aromatic nitrogens is 2. The molecule has 0 saturated heterocycles. The highest BCUT2D eigenvalue weighted by Crippen LogP contribution is 2.21. The first-order chi connectivity index (χ1) is 9.76. The Hall–Kier alpha value is -2.10. The van der Waals surface area contributed by atoms with Gasteiger partial charge in [0.1, 0.15) is 18.0 Å². The van der Waals surface area contributed by atoms with Crippen molar-refractivity contribution in [1.29, 1.82) is 0 Å². The van der Waals surface area contributed by atoms with Gasteiger partial charge in [-0.3, -0.25) is 0 Å². The summed E-state index contributed by atoms with van der Waals surface area (Å²) in [6, 6.07) is 8.39. The molecule has 0 radical (unpaired) electrons. The van der Waals surface area contributed by atoms with Crippen LogP contribution < -0.4 is 10.6 Å². The molecule has 1 aromatic heterocycles. The fourth-order valence-corrected chi connectivity index (χ4v) is 2.21. The van der Waals surface area contributed by atoms with E-state index in [0.29, 0.717) is 0 Å². The molecule has 0 aliphatic carbocycles. The van der Waals surface area contributed by atoms with Gasteiger partial charge in [0.15, 0.2) is 0 Å². The lowest BCUT2D eigenvalue weighted by Crippen LogP contribution is -2.10. The summed E-state index contributed by atoms with van der Waals surface area (Å²) in [5.74, 6) is 1.85. The van der Waals surface area contributed by atoms with E-state index in [4.69, 9.17) is 0 Å². The first-order valence-electron chi connectivity index (χ1n) is 7.12. The first kappa shape index (κ1) is 14.3. The van der Waals surface area contributed by atoms with E-state index >= 15 is 0 Å². The predicted octanol–water partition coefficient (Wildman–Crippen LogP) is 3.39. The van der Waals surface area contributed by atoms with Gasteiger partial charge >= 0.3 is 0 Å². The SMILES string of the molecule is CCNc1ncnc(NCc2ccccc2C)c1CC. The maximum Gasteiger partial charge on any atom is 0.134 e. The summed E-state index contributed by atoms with van der Waals surface area (Å²) in [7, 11) is 0. The molecule has 4 heteroatoms. The molecule has 4 nitrogen and oxygen atoms in total. The third kappa shape index (κ3) is 3.26. The van der Waals surface area contributed by atoms with Crippen molar-refractivity contribution in [2.24, 2.45) is 0 Å². The largest absolute Gasteiger partial charge is 0.370 e. The average molecular weight is 270 g/mol. The Kier molecular flexibility index (Phi) is 4.93. The molecule has 0 aliphatic heterocycles. The molecule has 0 fully saturated rings. The van der Waals surface area contributed by atoms with Crippen molar-refractivity contribution >= 4 is 11.6 Å². The lowest BCUT2D eigenvalue weighted by molar-refractivity contribution is 0.996. The van der Waals surface area contributed by atoms with E-state index in [1.165, 1.54) is 11.1 Å². The molecule has 106 valence electrons. The molecular weight excluding hydrogens is 248 g/mol. The zero-order chi connectivity index (χ0) is 14.4. The van der Waals surface area contributed by atoms with Crippen molar-refractivity contribution in [3.63, 3.8) is 0 Å². The molecule has 2 N–H and O–H groups in total. The normalized spacial score (nSPS) is 10.3. The van der Waals surface area contributed by atoms with E-state index < -0.39 is 0 Å². The number of benzene rings is 1. The minimum absolute atomic E-state index is 0.780. The number of hydrogen-bond donors (Lipinski definition) is 2. The summed E-state index contributed by atoms with van der Waals surface area (Å²) < 4.78 is 0. The second kappa shape index (κ2) is 6.89. The highest BCUT2D eigenvalue weighted by atomic mass is 15.1. The quantitative estimate of drug-likeness (QED) is 0.844. The Morgan fingerprint density at radius 3 is 2.35 bits per heavy atom. The standard InChI is InChI=1S/C16H22N4/c1-4-14-15(17-5-2)19-11-20-16(14)18-10-13-9-7-6-8-12(13)3/h6-9,11H,4-5,10H2,1-3H3,(H2,17,18,19,20). The van der Waals surface area contributed by atoms with Crippen LogP contribution in [-0.4, -0.2) is 16.5 Å². The number of hydrogen-bond acceptors (Lipinski definition) is 4. The zero-order valence-electron chi connectivity index (χ0n) is 12.4. The fourth-order valence-electron chi connectivity index (χ4n) is 2.21. The summed E-state index contributed by atoms with van der Waals surface area (Å²) >= 11 is 0. The zero-order valence-corrected chi connectivity index (χ0v) is 12.4. The number of nitrogens with zero attached hydrogens (tertiary/aromatic N) is 2. The van der Waals surface area contributed by atoms with Gasteiger partial charge in [-0.25, -0.2) is 9.97 Å². The van der Waals surface area contributed by atoms with Crippen molar-refractivity contribution in [2.45, 2.75) is 33.7 Å². The van der Waals surface area contributed by atoms with Crippen LogP contribution in [0.15, 0.2) is 30.6 Å². The van der Waals surface area contributed by atoms with E-state index in [1.807, 2.05) is 0 Å². The first-order valence-corrected chi connectivity index (χ1v) is 7.12. The van der Waals surface area contributed by atoms with E-state index in [2.05, 4.69) is 65.6 Å². The van der Waals surface area contributed by atoms with Gasteiger partial charge < -0.3 is 10.6 Å². The minimum Gasteiger partial charge on any atom is -0.370 e. The molecule has 0 amide bonds. The molecule has 1 heterocycles. The summed E-state index contributed by atoms with van der Waals surface area (Å²) in [5, 5.41) is 6.71. The van der Waals surface area contributed by atoms with E-state index in [1.54, 1.807) is 6.33 Å². The molecule has 0 saturated carbocycles. The molecular formula is C16H22N4. The van der Waals surface area contributed by atoms with Crippen LogP contribution in [-0.2, 0) is 13.0 Å². The molecule has 0 unspecified atom stereocenters. The highest BCUT2D eigenvalue weighted by molar-refractivity contribution is 5.57. The van der Waals surface area contributed by atoms with Gasteiger partial charge in [-0.05, 0) is 31.4 Å². The summed E-state index contributed by atoms with van der Waals surface area (Å²) in [6.07, 6.45) is 2.51. The van der Waals surface area contributed by atoms with E-state index in [-0.39, 0.29) is 0 Å². The summed E-state index contributed by atoms with van der Waals surface area (Å²) in [4.78, 5) is 8.69. The maximum absolute atomic E-state index is 4.37. The highest BCUT2D eigenvalue weighted by Gasteiger charge is 2.09. The molecule has 20 heavy (non-hydrogen) atoms. The molecule has 2 aromatic rings.